The zero-order valence-electron chi connectivity index (χ0n) is 12.9. The molecule has 0 bridgehead atoms. The number of fused-ring (bicyclic) bond motifs is 1. The molecule has 3 heterocycles. The molecule has 116 valence electrons. The highest BCUT2D eigenvalue weighted by Gasteiger charge is 2.22. The first-order valence-corrected chi connectivity index (χ1v) is 7.45. The highest BCUT2D eigenvalue weighted by molar-refractivity contribution is 5.74. The Bertz CT molecular complexity index is 653. The largest absolute Gasteiger partial charge is 0.335 e. The van der Waals surface area contributed by atoms with Crippen molar-refractivity contribution in [3.05, 3.63) is 41.7 Å². The fraction of sp³-hybridized carbons (Fsp3) is 0.467. The van der Waals surface area contributed by atoms with Crippen molar-refractivity contribution in [3.8, 4) is 0 Å². The van der Waals surface area contributed by atoms with Gasteiger partial charge in [0, 0.05) is 37.6 Å². The second-order valence-electron chi connectivity index (χ2n) is 5.67. The predicted octanol–water partition coefficient (Wildman–Crippen LogP) is 1.14. The molecule has 1 atom stereocenters. The Hall–Kier alpha value is -2.44. The summed E-state index contributed by atoms with van der Waals surface area (Å²) in [5.41, 5.74) is 2.96. The highest BCUT2D eigenvalue weighted by Crippen LogP contribution is 2.13. The van der Waals surface area contributed by atoms with Crippen LogP contribution in [0, 0.1) is 6.92 Å². The van der Waals surface area contributed by atoms with Crippen molar-refractivity contribution in [3.63, 3.8) is 0 Å². The zero-order valence-corrected chi connectivity index (χ0v) is 12.9. The van der Waals surface area contributed by atoms with Crippen molar-refractivity contribution < 1.29 is 4.79 Å². The van der Waals surface area contributed by atoms with Crippen LogP contribution in [0.4, 0.5) is 4.79 Å². The number of hydrogen-bond acceptors (Lipinski definition) is 4. The molecule has 3 rings (SSSR count). The lowest BCUT2D eigenvalue weighted by Crippen LogP contribution is -2.47. The molecule has 7 nitrogen and oxygen atoms in total. The molecule has 1 unspecified atom stereocenters. The maximum atomic E-state index is 12.4. The maximum Gasteiger partial charge on any atom is 0.318 e. The third-order valence-electron chi connectivity index (χ3n) is 3.71. The maximum absolute atomic E-state index is 12.4. The minimum absolute atomic E-state index is 0.0118. The molecule has 2 amide bonds. The summed E-state index contributed by atoms with van der Waals surface area (Å²) in [5, 5.41) is 7.43. The first-order valence-electron chi connectivity index (χ1n) is 7.45. The van der Waals surface area contributed by atoms with E-state index in [0.29, 0.717) is 19.5 Å². The van der Waals surface area contributed by atoms with Gasteiger partial charge in [-0.05, 0) is 19.9 Å². The van der Waals surface area contributed by atoms with Crippen LogP contribution in [-0.4, -0.2) is 43.3 Å². The van der Waals surface area contributed by atoms with E-state index in [-0.39, 0.29) is 12.1 Å². The molecule has 1 N–H and O–H groups in total. The lowest BCUT2D eigenvalue weighted by atomic mass is 10.2. The topological polar surface area (TPSA) is 75.9 Å². The van der Waals surface area contributed by atoms with Crippen LogP contribution in [0.5, 0.6) is 0 Å². The van der Waals surface area contributed by atoms with E-state index in [9.17, 15) is 4.79 Å². The number of nitrogens with one attached hydrogen (secondary N) is 1. The van der Waals surface area contributed by atoms with Gasteiger partial charge in [0.05, 0.1) is 30.2 Å². The number of rotatable bonds is 3. The third kappa shape index (κ3) is 3.24. The van der Waals surface area contributed by atoms with E-state index in [2.05, 4.69) is 20.4 Å². The van der Waals surface area contributed by atoms with Crippen molar-refractivity contribution in [1.82, 2.24) is 30.0 Å². The zero-order chi connectivity index (χ0) is 15.5. The molecule has 0 aliphatic carbocycles. The Morgan fingerprint density at radius 2 is 2.27 bits per heavy atom. The second kappa shape index (κ2) is 6.13. The van der Waals surface area contributed by atoms with E-state index < -0.39 is 0 Å². The normalized spacial score (nSPS) is 15.3. The molecule has 2 aromatic rings. The average Bonchev–Trinajstić information content (AvgIpc) is 2.87. The van der Waals surface area contributed by atoms with Crippen LogP contribution in [0.15, 0.2) is 24.7 Å². The summed E-state index contributed by atoms with van der Waals surface area (Å²) in [7, 11) is 0. The minimum Gasteiger partial charge on any atom is -0.335 e. The second-order valence-corrected chi connectivity index (χ2v) is 5.67. The summed E-state index contributed by atoms with van der Waals surface area (Å²) in [4.78, 5) is 22.5. The molecule has 0 saturated carbocycles. The van der Waals surface area contributed by atoms with E-state index in [4.69, 9.17) is 0 Å². The van der Waals surface area contributed by atoms with E-state index in [1.54, 1.807) is 18.6 Å². The molecule has 0 fully saturated rings. The standard InChI is InChI=1S/C15H20N6O/c1-11(7-13-9-16-3-4-17-13)18-15(22)20-5-6-21-14(10-20)8-12(2)19-21/h3-4,8-9,11H,5-7,10H2,1-2H3,(H,18,22). The van der Waals surface area contributed by atoms with Gasteiger partial charge in [-0.1, -0.05) is 0 Å². The Balaban J connectivity index is 1.56. The van der Waals surface area contributed by atoms with Crippen LogP contribution in [0.1, 0.15) is 24.0 Å². The Kier molecular flexibility index (Phi) is 4.04. The number of nitrogens with zero attached hydrogens (tertiary/aromatic N) is 5. The molecular weight excluding hydrogens is 280 g/mol. The van der Waals surface area contributed by atoms with Crippen molar-refractivity contribution >= 4 is 6.03 Å². The van der Waals surface area contributed by atoms with Gasteiger partial charge in [-0.15, -0.1) is 0 Å². The molecule has 0 aromatic carbocycles. The Morgan fingerprint density at radius 1 is 1.41 bits per heavy atom. The highest BCUT2D eigenvalue weighted by atomic mass is 16.2. The lowest BCUT2D eigenvalue weighted by molar-refractivity contribution is 0.178. The summed E-state index contributed by atoms with van der Waals surface area (Å²) < 4.78 is 1.97. The molecule has 2 aromatic heterocycles. The van der Waals surface area contributed by atoms with Gasteiger partial charge in [0.25, 0.3) is 0 Å². The van der Waals surface area contributed by atoms with Crippen molar-refractivity contribution in [1.29, 1.82) is 0 Å². The fourth-order valence-electron chi connectivity index (χ4n) is 2.69. The van der Waals surface area contributed by atoms with Gasteiger partial charge in [-0.25, -0.2) is 4.79 Å². The number of hydrogen-bond donors (Lipinski definition) is 1. The molecule has 1 aliphatic heterocycles. The number of aromatic nitrogens is 4. The van der Waals surface area contributed by atoms with Crippen LogP contribution < -0.4 is 5.32 Å². The molecule has 7 heteroatoms. The molecule has 22 heavy (non-hydrogen) atoms. The SMILES string of the molecule is Cc1cc2n(n1)CCN(C(=O)NC(C)Cc1cnccn1)C2. The minimum atomic E-state index is -0.0403. The van der Waals surface area contributed by atoms with Crippen molar-refractivity contribution in [2.75, 3.05) is 6.54 Å². The van der Waals surface area contributed by atoms with Crippen LogP contribution in [-0.2, 0) is 19.5 Å². The summed E-state index contributed by atoms with van der Waals surface area (Å²) in [5.74, 6) is 0. The first-order chi connectivity index (χ1) is 10.6. The van der Waals surface area contributed by atoms with Crippen molar-refractivity contribution in [2.24, 2.45) is 0 Å². The Morgan fingerprint density at radius 3 is 3.05 bits per heavy atom. The molecule has 0 spiro atoms. The van der Waals surface area contributed by atoms with Crippen LogP contribution >= 0.6 is 0 Å². The number of amides is 2. The van der Waals surface area contributed by atoms with Gasteiger partial charge in [0.1, 0.15) is 0 Å². The molecular formula is C15H20N6O. The number of carbonyl (C=O) groups excluding carboxylic acids is 1. The number of carbonyl (C=O) groups is 1. The van der Waals surface area contributed by atoms with Gasteiger partial charge >= 0.3 is 6.03 Å². The van der Waals surface area contributed by atoms with Crippen LogP contribution in [0.2, 0.25) is 0 Å². The number of aryl methyl sites for hydroxylation is 1. The van der Waals surface area contributed by atoms with Gasteiger partial charge in [0.2, 0.25) is 0 Å². The first kappa shape index (κ1) is 14.5. The monoisotopic (exact) mass is 300 g/mol. The average molecular weight is 300 g/mol. The Labute approximate surface area is 129 Å². The lowest BCUT2D eigenvalue weighted by Gasteiger charge is -2.29. The summed E-state index contributed by atoms with van der Waals surface area (Å²) in [6, 6.07) is 2.00. The van der Waals surface area contributed by atoms with Gasteiger partial charge < -0.3 is 10.2 Å². The predicted molar refractivity (Wildman–Crippen MR) is 81.1 cm³/mol. The van der Waals surface area contributed by atoms with Gasteiger partial charge in [0.15, 0.2) is 0 Å². The van der Waals surface area contributed by atoms with Crippen LogP contribution in [0.25, 0.3) is 0 Å². The molecule has 0 saturated heterocycles. The number of urea groups is 1. The van der Waals surface area contributed by atoms with E-state index >= 15 is 0 Å². The quantitative estimate of drug-likeness (QED) is 0.922. The molecule has 1 aliphatic rings. The molecule has 0 radical (unpaired) electrons. The fourth-order valence-corrected chi connectivity index (χ4v) is 2.69. The van der Waals surface area contributed by atoms with E-state index in [0.717, 1.165) is 23.6 Å². The third-order valence-corrected chi connectivity index (χ3v) is 3.71. The van der Waals surface area contributed by atoms with Crippen molar-refractivity contribution in [2.45, 2.75) is 39.4 Å². The summed E-state index contributed by atoms with van der Waals surface area (Å²) in [6.45, 7) is 5.97. The van der Waals surface area contributed by atoms with Gasteiger partial charge in [-0.3, -0.25) is 14.6 Å². The smallest absolute Gasteiger partial charge is 0.318 e. The van der Waals surface area contributed by atoms with E-state index in [1.165, 1.54) is 0 Å². The van der Waals surface area contributed by atoms with Gasteiger partial charge in [-0.2, -0.15) is 5.10 Å². The summed E-state index contributed by atoms with van der Waals surface area (Å²) in [6.07, 6.45) is 5.71. The van der Waals surface area contributed by atoms with Crippen LogP contribution in [0.3, 0.4) is 0 Å². The summed E-state index contributed by atoms with van der Waals surface area (Å²) >= 11 is 0. The van der Waals surface area contributed by atoms with E-state index in [1.807, 2.05) is 29.5 Å².